The maximum atomic E-state index is 13.2. The summed E-state index contributed by atoms with van der Waals surface area (Å²) in [6.45, 7) is 0. The lowest BCUT2D eigenvalue weighted by molar-refractivity contribution is -0.135. The van der Waals surface area contributed by atoms with Crippen LogP contribution in [-0.2, 0) is 4.79 Å². The molecule has 108 valence electrons. The molecule has 0 unspecified atom stereocenters. The quantitative estimate of drug-likeness (QED) is 0.158. The van der Waals surface area contributed by atoms with Crippen LogP contribution in [0.4, 0.5) is 22.0 Å². The molecule has 0 amide bonds. The van der Waals surface area contributed by atoms with Crippen LogP contribution in [0, 0.1) is 41.4 Å². The number of carbonyl (C=O) groups is 1. The third-order valence-corrected chi connectivity index (χ3v) is 2.34. The first-order chi connectivity index (χ1) is 9.40. The molecule has 0 N–H and O–H groups in total. The Hall–Kier alpha value is -2.10. The molecule has 20 heavy (non-hydrogen) atoms. The molecule has 2 nitrogen and oxygen atoms in total. The second-order valence-corrected chi connectivity index (χ2v) is 3.78. The minimum absolute atomic E-state index is 0.249. The number of carbonyl (C=O) groups excluding carboxylic acids is 1. The summed E-state index contributed by atoms with van der Waals surface area (Å²) in [6.07, 6.45) is 5.87. The van der Waals surface area contributed by atoms with Gasteiger partial charge in [0.1, 0.15) is 0 Å². The number of esters is 1. The molecule has 0 aliphatic rings. The molecule has 0 spiro atoms. The van der Waals surface area contributed by atoms with Gasteiger partial charge >= 0.3 is 5.97 Å². The Bertz CT molecular complexity index is 534. The Morgan fingerprint density at radius 3 is 1.95 bits per heavy atom. The zero-order valence-corrected chi connectivity index (χ0v) is 10.1. The molecule has 0 saturated carbocycles. The van der Waals surface area contributed by atoms with Crippen molar-refractivity contribution in [3.63, 3.8) is 0 Å². The highest BCUT2D eigenvalue weighted by Crippen LogP contribution is 2.29. The van der Waals surface area contributed by atoms with Crippen LogP contribution in [0.3, 0.4) is 0 Å². The number of unbranched alkanes of at least 4 members (excludes halogenated alkanes) is 2. The van der Waals surface area contributed by atoms with Gasteiger partial charge in [0.2, 0.25) is 34.8 Å². The molecule has 0 fully saturated rings. The van der Waals surface area contributed by atoms with Crippen molar-refractivity contribution in [3.05, 3.63) is 29.1 Å². The number of terminal acetylenes is 1. The predicted molar refractivity (Wildman–Crippen MR) is 59.2 cm³/mol. The zero-order valence-electron chi connectivity index (χ0n) is 10.1. The SMILES string of the molecule is C#CCCCCC(=O)Oc1c(F)c(F)c(F)c(F)c1F. The fraction of sp³-hybridized carbons (Fsp3) is 0.308. The number of halogens is 5. The van der Waals surface area contributed by atoms with E-state index in [1.807, 2.05) is 0 Å². The van der Waals surface area contributed by atoms with E-state index in [9.17, 15) is 26.7 Å². The smallest absolute Gasteiger partial charge is 0.311 e. The first-order valence-electron chi connectivity index (χ1n) is 5.55. The summed E-state index contributed by atoms with van der Waals surface area (Å²) in [6, 6.07) is 0. The van der Waals surface area contributed by atoms with Crippen molar-refractivity contribution >= 4 is 5.97 Å². The molecular formula is C13H9F5O2. The van der Waals surface area contributed by atoms with E-state index in [0.29, 0.717) is 12.8 Å². The van der Waals surface area contributed by atoms with Crippen LogP contribution in [0.2, 0.25) is 0 Å². The molecule has 0 radical (unpaired) electrons. The lowest BCUT2D eigenvalue weighted by Gasteiger charge is -2.08. The van der Waals surface area contributed by atoms with E-state index in [4.69, 9.17) is 6.42 Å². The van der Waals surface area contributed by atoms with Crippen LogP contribution >= 0.6 is 0 Å². The topological polar surface area (TPSA) is 26.3 Å². The van der Waals surface area contributed by atoms with Crippen molar-refractivity contribution in [2.75, 3.05) is 0 Å². The minimum Gasteiger partial charge on any atom is -0.420 e. The highest BCUT2D eigenvalue weighted by molar-refractivity contribution is 5.72. The van der Waals surface area contributed by atoms with Crippen LogP contribution < -0.4 is 4.74 Å². The Morgan fingerprint density at radius 2 is 1.45 bits per heavy atom. The highest BCUT2D eigenvalue weighted by atomic mass is 19.2. The van der Waals surface area contributed by atoms with Crippen molar-refractivity contribution in [2.24, 2.45) is 0 Å². The average molecular weight is 292 g/mol. The van der Waals surface area contributed by atoms with Crippen molar-refractivity contribution in [1.29, 1.82) is 0 Å². The molecule has 0 aliphatic carbocycles. The first-order valence-corrected chi connectivity index (χ1v) is 5.55. The van der Waals surface area contributed by atoms with E-state index in [1.165, 1.54) is 0 Å². The van der Waals surface area contributed by atoms with E-state index in [1.54, 1.807) is 0 Å². The molecule has 0 saturated heterocycles. The fourth-order valence-electron chi connectivity index (χ4n) is 1.34. The predicted octanol–water partition coefficient (Wildman–Crippen LogP) is 3.48. The normalized spacial score (nSPS) is 10.2. The van der Waals surface area contributed by atoms with Gasteiger partial charge in [0, 0.05) is 12.8 Å². The summed E-state index contributed by atoms with van der Waals surface area (Å²) in [5.74, 6) is -11.4. The molecule has 1 aromatic rings. The van der Waals surface area contributed by atoms with Crippen LogP contribution in [0.25, 0.3) is 0 Å². The zero-order chi connectivity index (χ0) is 15.3. The summed E-state index contributed by atoms with van der Waals surface area (Å²) >= 11 is 0. The second-order valence-electron chi connectivity index (χ2n) is 3.78. The lowest BCUT2D eigenvalue weighted by Crippen LogP contribution is -2.13. The van der Waals surface area contributed by atoms with Crippen molar-refractivity contribution in [1.82, 2.24) is 0 Å². The molecular weight excluding hydrogens is 283 g/mol. The molecule has 1 aromatic carbocycles. The molecule has 0 aromatic heterocycles. The van der Waals surface area contributed by atoms with E-state index in [-0.39, 0.29) is 12.8 Å². The number of benzene rings is 1. The summed E-state index contributed by atoms with van der Waals surface area (Å²) in [5.41, 5.74) is 0. The van der Waals surface area contributed by atoms with E-state index < -0.39 is 40.8 Å². The maximum absolute atomic E-state index is 13.2. The van der Waals surface area contributed by atoms with Crippen molar-refractivity contribution in [3.8, 4) is 18.1 Å². The van der Waals surface area contributed by atoms with Gasteiger partial charge in [0.05, 0.1) is 0 Å². The van der Waals surface area contributed by atoms with Crippen LogP contribution in [0.5, 0.6) is 5.75 Å². The second kappa shape index (κ2) is 6.89. The van der Waals surface area contributed by atoms with Crippen LogP contribution in [0.15, 0.2) is 0 Å². The van der Waals surface area contributed by atoms with Gasteiger partial charge in [-0.25, -0.2) is 13.2 Å². The molecule has 7 heteroatoms. The van der Waals surface area contributed by atoms with Crippen molar-refractivity contribution < 1.29 is 31.5 Å². The number of rotatable bonds is 5. The monoisotopic (exact) mass is 292 g/mol. The van der Waals surface area contributed by atoms with Gasteiger partial charge in [0.25, 0.3) is 0 Å². The van der Waals surface area contributed by atoms with E-state index in [0.717, 1.165) is 0 Å². The van der Waals surface area contributed by atoms with Gasteiger partial charge in [-0.2, -0.15) is 8.78 Å². The fourth-order valence-corrected chi connectivity index (χ4v) is 1.34. The summed E-state index contributed by atoms with van der Waals surface area (Å²) in [7, 11) is 0. The Labute approximate surface area is 111 Å². The van der Waals surface area contributed by atoms with Gasteiger partial charge < -0.3 is 4.74 Å². The van der Waals surface area contributed by atoms with Crippen molar-refractivity contribution in [2.45, 2.75) is 25.7 Å². The standard InChI is InChI=1S/C13H9F5O2/c1-2-3-4-5-6-7(19)20-13-11(17)9(15)8(14)10(16)12(13)18/h1H,3-6H2. The summed E-state index contributed by atoms with van der Waals surface area (Å²) in [5, 5.41) is 0. The largest absolute Gasteiger partial charge is 0.420 e. The van der Waals surface area contributed by atoms with E-state index in [2.05, 4.69) is 10.7 Å². The maximum Gasteiger partial charge on any atom is 0.311 e. The Kier molecular flexibility index (Phi) is 5.50. The van der Waals surface area contributed by atoms with Gasteiger partial charge in [-0.1, -0.05) is 0 Å². The molecule has 0 atom stereocenters. The first kappa shape index (κ1) is 16.0. The number of hydrogen-bond donors (Lipinski definition) is 0. The minimum atomic E-state index is -2.31. The number of ether oxygens (including phenoxy) is 1. The Balaban J connectivity index is 2.83. The van der Waals surface area contributed by atoms with E-state index >= 15 is 0 Å². The molecule has 0 heterocycles. The summed E-state index contributed by atoms with van der Waals surface area (Å²) < 4.78 is 68.9. The van der Waals surface area contributed by atoms with Gasteiger partial charge in [0.15, 0.2) is 0 Å². The molecule has 1 rings (SSSR count). The molecule has 0 aliphatic heterocycles. The summed E-state index contributed by atoms with van der Waals surface area (Å²) in [4.78, 5) is 11.2. The van der Waals surface area contributed by atoms with Gasteiger partial charge in [-0.15, -0.1) is 12.3 Å². The third-order valence-electron chi connectivity index (χ3n) is 2.34. The van der Waals surface area contributed by atoms with Gasteiger partial charge in [-0.3, -0.25) is 4.79 Å². The number of hydrogen-bond acceptors (Lipinski definition) is 2. The lowest BCUT2D eigenvalue weighted by atomic mass is 10.2. The average Bonchev–Trinajstić information content (AvgIpc) is 2.44. The van der Waals surface area contributed by atoms with Gasteiger partial charge in [-0.05, 0) is 12.8 Å². The molecule has 0 bridgehead atoms. The van der Waals surface area contributed by atoms with Crippen LogP contribution in [0.1, 0.15) is 25.7 Å². The Morgan fingerprint density at radius 1 is 0.950 bits per heavy atom. The highest BCUT2D eigenvalue weighted by Gasteiger charge is 2.28. The van der Waals surface area contributed by atoms with Crippen LogP contribution in [-0.4, -0.2) is 5.97 Å². The third kappa shape index (κ3) is 3.47.